The molecule has 0 unspecified atom stereocenters. The van der Waals surface area contributed by atoms with E-state index in [9.17, 15) is 0 Å². The standard InChI is InChI=1S/C8H13N5/c1-6-5-7(9)13(12-6)8-10-3-2-4-11-8/h5H,2-4,9H2,1H3,(H,10,11). The molecule has 2 rings (SSSR count). The van der Waals surface area contributed by atoms with E-state index in [0.717, 1.165) is 31.2 Å². The van der Waals surface area contributed by atoms with Gasteiger partial charge in [0.05, 0.1) is 5.69 Å². The van der Waals surface area contributed by atoms with E-state index in [1.807, 2.05) is 13.0 Å². The van der Waals surface area contributed by atoms with Crippen LogP contribution in [0.4, 0.5) is 5.82 Å². The second-order valence-electron chi connectivity index (χ2n) is 3.11. The maximum atomic E-state index is 5.75. The van der Waals surface area contributed by atoms with Crippen molar-refractivity contribution < 1.29 is 0 Å². The van der Waals surface area contributed by atoms with Crippen molar-refractivity contribution in [1.82, 2.24) is 15.1 Å². The highest BCUT2D eigenvalue weighted by Gasteiger charge is 2.10. The molecule has 3 N–H and O–H groups in total. The van der Waals surface area contributed by atoms with Crippen LogP contribution >= 0.6 is 0 Å². The van der Waals surface area contributed by atoms with E-state index in [-0.39, 0.29) is 0 Å². The van der Waals surface area contributed by atoms with Gasteiger partial charge in [-0.2, -0.15) is 9.78 Å². The number of nitrogens with two attached hydrogens (primary N) is 1. The van der Waals surface area contributed by atoms with E-state index < -0.39 is 0 Å². The molecule has 0 spiro atoms. The highest BCUT2D eigenvalue weighted by Crippen LogP contribution is 2.05. The number of aryl methyl sites for hydroxylation is 1. The normalized spacial score (nSPS) is 16.5. The molecule has 1 aliphatic rings. The first kappa shape index (κ1) is 8.10. The Bertz CT molecular complexity index is 338. The third-order valence-electron chi connectivity index (χ3n) is 1.94. The number of aromatic nitrogens is 2. The minimum absolute atomic E-state index is 0.630. The molecule has 1 aliphatic heterocycles. The first-order chi connectivity index (χ1) is 6.27. The molecule has 0 radical (unpaired) electrons. The molecule has 0 aliphatic carbocycles. The third kappa shape index (κ3) is 1.49. The summed E-state index contributed by atoms with van der Waals surface area (Å²) in [4.78, 5) is 4.30. The number of hydrogen-bond acceptors (Lipinski definition) is 4. The van der Waals surface area contributed by atoms with Gasteiger partial charge in [-0.1, -0.05) is 0 Å². The zero-order chi connectivity index (χ0) is 9.26. The summed E-state index contributed by atoms with van der Waals surface area (Å²) < 4.78 is 1.65. The van der Waals surface area contributed by atoms with Gasteiger partial charge in [-0.05, 0) is 13.3 Å². The van der Waals surface area contributed by atoms with Crippen molar-refractivity contribution >= 4 is 11.8 Å². The van der Waals surface area contributed by atoms with Gasteiger partial charge in [0.25, 0.3) is 0 Å². The Morgan fingerprint density at radius 3 is 3.00 bits per heavy atom. The van der Waals surface area contributed by atoms with Crippen LogP contribution in [-0.4, -0.2) is 28.8 Å². The van der Waals surface area contributed by atoms with Gasteiger partial charge in [0.2, 0.25) is 5.96 Å². The molecule has 0 aromatic carbocycles. The number of nitrogen functional groups attached to an aromatic ring is 1. The molecule has 0 amide bonds. The largest absolute Gasteiger partial charge is 0.383 e. The monoisotopic (exact) mass is 179 g/mol. The average molecular weight is 179 g/mol. The molecule has 1 aromatic rings. The van der Waals surface area contributed by atoms with E-state index >= 15 is 0 Å². The molecule has 0 fully saturated rings. The number of aliphatic imine (C=N–C) groups is 1. The fourth-order valence-electron chi connectivity index (χ4n) is 1.35. The first-order valence-corrected chi connectivity index (χ1v) is 4.38. The van der Waals surface area contributed by atoms with Crippen LogP contribution in [-0.2, 0) is 0 Å². The Hall–Kier alpha value is -1.52. The van der Waals surface area contributed by atoms with E-state index in [1.165, 1.54) is 0 Å². The summed E-state index contributed by atoms with van der Waals surface area (Å²) in [6.07, 6.45) is 1.07. The van der Waals surface area contributed by atoms with Crippen LogP contribution in [0.3, 0.4) is 0 Å². The lowest BCUT2D eigenvalue weighted by Gasteiger charge is -2.14. The lowest BCUT2D eigenvalue weighted by molar-refractivity contribution is 0.701. The highest BCUT2D eigenvalue weighted by atomic mass is 15.4. The fourth-order valence-corrected chi connectivity index (χ4v) is 1.35. The van der Waals surface area contributed by atoms with Gasteiger partial charge >= 0.3 is 0 Å². The van der Waals surface area contributed by atoms with Gasteiger partial charge in [0, 0.05) is 19.2 Å². The van der Waals surface area contributed by atoms with Crippen LogP contribution in [0.5, 0.6) is 0 Å². The first-order valence-electron chi connectivity index (χ1n) is 4.38. The van der Waals surface area contributed by atoms with Crippen LogP contribution < -0.4 is 11.1 Å². The van der Waals surface area contributed by atoms with Gasteiger partial charge < -0.3 is 11.1 Å². The maximum absolute atomic E-state index is 5.75. The van der Waals surface area contributed by atoms with Crippen molar-refractivity contribution in [3.05, 3.63) is 11.8 Å². The van der Waals surface area contributed by atoms with E-state index in [4.69, 9.17) is 5.73 Å². The minimum Gasteiger partial charge on any atom is -0.383 e. The van der Waals surface area contributed by atoms with Gasteiger partial charge in [-0.15, -0.1) is 0 Å². The second-order valence-corrected chi connectivity index (χ2v) is 3.11. The number of nitrogens with one attached hydrogen (secondary N) is 1. The molecule has 13 heavy (non-hydrogen) atoms. The molecule has 0 bridgehead atoms. The topological polar surface area (TPSA) is 68.2 Å². The van der Waals surface area contributed by atoms with Crippen LogP contribution in [0.2, 0.25) is 0 Å². The second kappa shape index (κ2) is 3.08. The van der Waals surface area contributed by atoms with Crippen molar-refractivity contribution in [2.45, 2.75) is 13.3 Å². The van der Waals surface area contributed by atoms with Gasteiger partial charge in [0.15, 0.2) is 0 Å². The zero-order valence-corrected chi connectivity index (χ0v) is 7.62. The summed E-state index contributed by atoms with van der Waals surface area (Å²) in [5.41, 5.74) is 6.66. The summed E-state index contributed by atoms with van der Waals surface area (Å²) >= 11 is 0. The number of rotatable bonds is 0. The molecule has 2 heterocycles. The fraction of sp³-hybridized carbons (Fsp3) is 0.500. The van der Waals surface area contributed by atoms with Crippen LogP contribution in [0.1, 0.15) is 12.1 Å². The summed E-state index contributed by atoms with van der Waals surface area (Å²) in [6, 6.07) is 1.83. The summed E-state index contributed by atoms with van der Waals surface area (Å²) in [5, 5.41) is 7.39. The SMILES string of the molecule is Cc1cc(N)n(C2=NCCCN2)n1. The molecular formula is C8H13N5. The Morgan fingerprint density at radius 1 is 1.62 bits per heavy atom. The van der Waals surface area contributed by atoms with Gasteiger partial charge in [-0.3, -0.25) is 4.99 Å². The summed E-state index contributed by atoms with van der Waals surface area (Å²) in [6.45, 7) is 3.70. The smallest absolute Gasteiger partial charge is 0.221 e. The molecule has 5 nitrogen and oxygen atoms in total. The zero-order valence-electron chi connectivity index (χ0n) is 7.62. The minimum atomic E-state index is 0.630. The quantitative estimate of drug-likeness (QED) is 0.587. The Labute approximate surface area is 76.6 Å². The Morgan fingerprint density at radius 2 is 2.46 bits per heavy atom. The number of nitrogens with zero attached hydrogens (tertiary/aromatic N) is 3. The summed E-state index contributed by atoms with van der Waals surface area (Å²) in [7, 11) is 0. The lowest BCUT2D eigenvalue weighted by atomic mass is 10.4. The Kier molecular flexibility index (Phi) is 1.92. The van der Waals surface area contributed by atoms with Gasteiger partial charge in [-0.25, -0.2) is 0 Å². The Balaban J connectivity index is 2.33. The third-order valence-corrected chi connectivity index (χ3v) is 1.94. The van der Waals surface area contributed by atoms with Crippen molar-refractivity contribution in [2.75, 3.05) is 18.8 Å². The molecule has 0 atom stereocenters. The highest BCUT2D eigenvalue weighted by molar-refractivity contribution is 5.84. The predicted molar refractivity (Wildman–Crippen MR) is 51.7 cm³/mol. The van der Waals surface area contributed by atoms with Crippen molar-refractivity contribution in [3.63, 3.8) is 0 Å². The van der Waals surface area contributed by atoms with E-state index in [1.54, 1.807) is 4.68 Å². The van der Waals surface area contributed by atoms with Gasteiger partial charge in [0.1, 0.15) is 5.82 Å². The molecule has 0 saturated heterocycles. The lowest BCUT2D eigenvalue weighted by Crippen LogP contribution is -2.36. The maximum Gasteiger partial charge on any atom is 0.221 e. The molecule has 0 saturated carbocycles. The van der Waals surface area contributed by atoms with Crippen molar-refractivity contribution in [1.29, 1.82) is 0 Å². The molecule has 5 heteroatoms. The van der Waals surface area contributed by atoms with Crippen LogP contribution in [0.15, 0.2) is 11.1 Å². The molecule has 70 valence electrons. The number of anilines is 1. The van der Waals surface area contributed by atoms with E-state index in [2.05, 4.69) is 15.4 Å². The molecule has 1 aromatic heterocycles. The molecular weight excluding hydrogens is 166 g/mol. The summed E-state index contributed by atoms with van der Waals surface area (Å²) in [5.74, 6) is 1.39. The van der Waals surface area contributed by atoms with Crippen molar-refractivity contribution in [2.24, 2.45) is 4.99 Å². The van der Waals surface area contributed by atoms with Crippen LogP contribution in [0, 0.1) is 6.92 Å². The van der Waals surface area contributed by atoms with E-state index in [0.29, 0.717) is 5.82 Å². The van der Waals surface area contributed by atoms with Crippen molar-refractivity contribution in [3.8, 4) is 0 Å². The predicted octanol–water partition coefficient (Wildman–Crippen LogP) is -0.0289. The van der Waals surface area contributed by atoms with Crippen LogP contribution in [0.25, 0.3) is 0 Å². The average Bonchev–Trinajstić information content (AvgIpc) is 2.47. The number of hydrogen-bond donors (Lipinski definition) is 2.